The van der Waals surface area contributed by atoms with Gasteiger partial charge in [-0.3, -0.25) is 4.79 Å². The first-order valence-electron chi connectivity index (χ1n) is 7.11. The molecule has 0 bridgehead atoms. The lowest BCUT2D eigenvalue weighted by atomic mass is 10.2. The smallest absolute Gasteiger partial charge is 0.315 e. The van der Waals surface area contributed by atoms with Crippen LogP contribution in [0.3, 0.4) is 0 Å². The molecular weight excluding hydrogens is 288 g/mol. The van der Waals surface area contributed by atoms with Gasteiger partial charge in [0.05, 0.1) is 17.2 Å². The normalized spacial score (nSPS) is 13.4. The van der Waals surface area contributed by atoms with Crippen molar-refractivity contribution in [3.8, 4) is 0 Å². The Hall–Kier alpha value is -1.63. The monoisotopic (exact) mass is 312 g/mol. The van der Waals surface area contributed by atoms with Crippen LogP contribution in [0.15, 0.2) is 0 Å². The first-order chi connectivity index (χ1) is 9.83. The molecule has 0 radical (unpaired) electrons. The number of carbonyl (C=O) groups is 2. The standard InChI is InChI=1S/C14H24N4O2S/c1-6-8(2)16-13(19)10(4)18-14(20)15-7-12-9(3)17-11(5)21-12/h8,10H,6-7H2,1-5H3,(H,16,19)(H2,15,18,20). The van der Waals surface area contributed by atoms with Gasteiger partial charge >= 0.3 is 6.03 Å². The number of carbonyl (C=O) groups excluding carboxylic acids is 2. The fourth-order valence-corrected chi connectivity index (χ4v) is 2.56. The number of urea groups is 1. The first-order valence-corrected chi connectivity index (χ1v) is 7.92. The van der Waals surface area contributed by atoms with Crippen molar-refractivity contribution in [2.75, 3.05) is 0 Å². The maximum Gasteiger partial charge on any atom is 0.315 e. The molecule has 0 aromatic carbocycles. The van der Waals surface area contributed by atoms with Crippen molar-refractivity contribution in [3.63, 3.8) is 0 Å². The average Bonchev–Trinajstić information content (AvgIpc) is 2.74. The van der Waals surface area contributed by atoms with Crippen molar-refractivity contribution in [1.29, 1.82) is 0 Å². The van der Waals surface area contributed by atoms with Crippen LogP contribution in [0.5, 0.6) is 0 Å². The summed E-state index contributed by atoms with van der Waals surface area (Å²) in [5, 5.41) is 9.18. The van der Waals surface area contributed by atoms with E-state index < -0.39 is 6.04 Å². The molecule has 3 amide bonds. The minimum absolute atomic E-state index is 0.104. The van der Waals surface area contributed by atoms with Gasteiger partial charge in [-0.25, -0.2) is 9.78 Å². The van der Waals surface area contributed by atoms with Crippen LogP contribution < -0.4 is 16.0 Å². The molecule has 0 aliphatic rings. The van der Waals surface area contributed by atoms with Gasteiger partial charge in [0.1, 0.15) is 6.04 Å². The Morgan fingerprint density at radius 3 is 2.43 bits per heavy atom. The van der Waals surface area contributed by atoms with E-state index in [9.17, 15) is 9.59 Å². The van der Waals surface area contributed by atoms with E-state index in [1.807, 2.05) is 27.7 Å². The number of nitrogens with one attached hydrogen (secondary N) is 3. The highest BCUT2D eigenvalue weighted by atomic mass is 32.1. The Balaban J connectivity index is 2.39. The van der Waals surface area contributed by atoms with Gasteiger partial charge in [-0.05, 0) is 34.1 Å². The van der Waals surface area contributed by atoms with E-state index in [4.69, 9.17) is 0 Å². The van der Waals surface area contributed by atoms with Gasteiger partial charge < -0.3 is 16.0 Å². The molecule has 6 nitrogen and oxygen atoms in total. The van der Waals surface area contributed by atoms with Crippen molar-refractivity contribution >= 4 is 23.3 Å². The van der Waals surface area contributed by atoms with E-state index in [0.717, 1.165) is 22.0 Å². The van der Waals surface area contributed by atoms with Gasteiger partial charge in [0, 0.05) is 10.9 Å². The van der Waals surface area contributed by atoms with E-state index in [2.05, 4.69) is 20.9 Å². The lowest BCUT2D eigenvalue weighted by Gasteiger charge is -2.17. The van der Waals surface area contributed by atoms with Crippen molar-refractivity contribution < 1.29 is 9.59 Å². The van der Waals surface area contributed by atoms with Crippen molar-refractivity contribution in [1.82, 2.24) is 20.9 Å². The molecule has 0 fully saturated rings. The summed E-state index contributed by atoms with van der Waals surface area (Å²) in [6, 6.07) is -0.817. The fraction of sp³-hybridized carbons (Fsp3) is 0.643. The number of nitrogens with zero attached hydrogens (tertiary/aromatic N) is 1. The van der Waals surface area contributed by atoms with E-state index >= 15 is 0 Å². The number of hydrogen-bond donors (Lipinski definition) is 3. The average molecular weight is 312 g/mol. The molecule has 0 aliphatic heterocycles. The summed E-state index contributed by atoms with van der Waals surface area (Å²) in [4.78, 5) is 28.9. The Labute approximate surface area is 129 Å². The number of rotatable bonds is 6. The van der Waals surface area contributed by atoms with Gasteiger partial charge in [-0.15, -0.1) is 11.3 Å². The highest BCUT2D eigenvalue weighted by molar-refractivity contribution is 7.11. The summed E-state index contributed by atoms with van der Waals surface area (Å²) in [7, 11) is 0. The second kappa shape index (κ2) is 7.97. The molecule has 2 atom stereocenters. The molecule has 0 saturated carbocycles. The van der Waals surface area contributed by atoms with Crippen LogP contribution in [0.4, 0.5) is 4.79 Å². The third-order valence-electron chi connectivity index (χ3n) is 3.15. The number of amides is 3. The van der Waals surface area contributed by atoms with Crippen molar-refractivity contribution in [3.05, 3.63) is 15.6 Å². The minimum atomic E-state index is -0.566. The van der Waals surface area contributed by atoms with E-state index in [-0.39, 0.29) is 18.0 Å². The zero-order chi connectivity index (χ0) is 16.0. The topological polar surface area (TPSA) is 83.1 Å². The molecule has 0 aliphatic carbocycles. The zero-order valence-electron chi connectivity index (χ0n) is 13.2. The summed E-state index contributed by atoms with van der Waals surface area (Å²) >= 11 is 1.56. The summed E-state index contributed by atoms with van der Waals surface area (Å²) < 4.78 is 0. The summed E-state index contributed by atoms with van der Waals surface area (Å²) in [6.45, 7) is 9.86. The highest BCUT2D eigenvalue weighted by Gasteiger charge is 2.17. The number of aromatic nitrogens is 1. The summed E-state index contributed by atoms with van der Waals surface area (Å²) in [5.41, 5.74) is 0.931. The van der Waals surface area contributed by atoms with Crippen molar-refractivity contribution in [2.45, 2.75) is 59.7 Å². The Morgan fingerprint density at radius 2 is 1.90 bits per heavy atom. The molecule has 0 saturated heterocycles. The maximum absolute atomic E-state index is 11.8. The third-order valence-corrected chi connectivity index (χ3v) is 4.22. The maximum atomic E-state index is 11.8. The molecule has 7 heteroatoms. The summed E-state index contributed by atoms with van der Waals surface area (Å²) in [6.07, 6.45) is 0.856. The molecule has 1 rings (SSSR count). The van der Waals surface area contributed by atoms with Crippen molar-refractivity contribution in [2.24, 2.45) is 0 Å². The van der Waals surface area contributed by atoms with Gasteiger partial charge in [-0.2, -0.15) is 0 Å². The van der Waals surface area contributed by atoms with Gasteiger partial charge in [-0.1, -0.05) is 6.92 Å². The molecule has 1 aromatic rings. The molecule has 21 heavy (non-hydrogen) atoms. The molecule has 0 spiro atoms. The van der Waals surface area contributed by atoms with E-state index in [1.54, 1.807) is 18.3 Å². The van der Waals surface area contributed by atoms with Crippen LogP contribution in [0, 0.1) is 13.8 Å². The third kappa shape index (κ3) is 5.71. The summed E-state index contributed by atoms with van der Waals surface area (Å²) in [5.74, 6) is -0.177. The minimum Gasteiger partial charge on any atom is -0.352 e. The second-order valence-electron chi connectivity index (χ2n) is 5.11. The van der Waals surface area contributed by atoms with Gasteiger partial charge in [0.25, 0.3) is 0 Å². The molecule has 1 aromatic heterocycles. The number of thiazole rings is 1. The van der Waals surface area contributed by atoms with Crippen LogP contribution >= 0.6 is 11.3 Å². The van der Waals surface area contributed by atoms with Crippen LogP contribution in [-0.4, -0.2) is 29.0 Å². The molecular formula is C14H24N4O2S. The van der Waals surface area contributed by atoms with Crippen LogP contribution in [0.1, 0.15) is 42.8 Å². The number of hydrogen-bond acceptors (Lipinski definition) is 4. The van der Waals surface area contributed by atoms with Crippen LogP contribution in [-0.2, 0) is 11.3 Å². The lowest BCUT2D eigenvalue weighted by Crippen LogP contribution is -2.49. The molecule has 3 N–H and O–H groups in total. The molecule has 1 heterocycles. The van der Waals surface area contributed by atoms with Gasteiger partial charge in [0.15, 0.2) is 0 Å². The van der Waals surface area contributed by atoms with Gasteiger partial charge in [0.2, 0.25) is 5.91 Å². The molecule has 2 unspecified atom stereocenters. The quantitative estimate of drug-likeness (QED) is 0.750. The zero-order valence-corrected chi connectivity index (χ0v) is 14.1. The SMILES string of the molecule is CCC(C)NC(=O)C(C)NC(=O)NCc1sc(C)nc1C. The van der Waals surface area contributed by atoms with E-state index in [1.165, 1.54) is 0 Å². The predicted molar refractivity (Wildman–Crippen MR) is 84.3 cm³/mol. The fourth-order valence-electron chi connectivity index (χ4n) is 1.68. The Kier molecular flexibility index (Phi) is 6.61. The predicted octanol–water partition coefficient (Wildman–Crippen LogP) is 1.86. The largest absolute Gasteiger partial charge is 0.352 e. The van der Waals surface area contributed by atoms with E-state index in [0.29, 0.717) is 6.54 Å². The number of aryl methyl sites for hydroxylation is 2. The Bertz CT molecular complexity index is 501. The first kappa shape index (κ1) is 17.4. The second-order valence-corrected chi connectivity index (χ2v) is 6.40. The van der Waals surface area contributed by atoms with Crippen LogP contribution in [0.2, 0.25) is 0 Å². The van der Waals surface area contributed by atoms with Crippen LogP contribution in [0.25, 0.3) is 0 Å². The molecule has 118 valence electrons. The Morgan fingerprint density at radius 1 is 1.24 bits per heavy atom. The lowest BCUT2D eigenvalue weighted by molar-refractivity contribution is -0.123. The highest BCUT2D eigenvalue weighted by Crippen LogP contribution is 2.16.